The van der Waals surface area contributed by atoms with Crippen molar-refractivity contribution in [3.63, 3.8) is 0 Å². The van der Waals surface area contributed by atoms with E-state index in [2.05, 4.69) is 43.1 Å². The Morgan fingerprint density at radius 3 is 1.19 bits per heavy atom. The SMILES string of the molecule is CCCCCC(CCCCC)CCOC(=O)CCCCCCCC(CCCCCCCC(=O)OCCC(CCCCC)CCCCC)=NNC(=O)CCCN(C)C. The summed E-state index contributed by atoms with van der Waals surface area (Å²) < 4.78 is 11.3. The van der Waals surface area contributed by atoms with Gasteiger partial charge in [-0.1, -0.05) is 169 Å². The van der Waals surface area contributed by atoms with E-state index in [1.165, 1.54) is 103 Å². The fraction of sp³-hybridized carbons (Fsp3) is 0.918. The summed E-state index contributed by atoms with van der Waals surface area (Å²) in [5, 5.41) is 4.58. The molecule has 1 amide bonds. The molecule has 336 valence electrons. The van der Waals surface area contributed by atoms with E-state index in [4.69, 9.17) is 9.47 Å². The number of nitrogens with one attached hydrogen (secondary N) is 1. The van der Waals surface area contributed by atoms with Crippen molar-refractivity contribution in [2.24, 2.45) is 16.9 Å². The average molecular weight is 806 g/mol. The summed E-state index contributed by atoms with van der Waals surface area (Å²) >= 11 is 0. The molecule has 0 aromatic rings. The number of hydrazone groups is 1. The minimum atomic E-state index is -0.0405. The van der Waals surface area contributed by atoms with Crippen molar-refractivity contribution >= 4 is 23.6 Å². The maximum absolute atomic E-state index is 12.4. The summed E-state index contributed by atoms with van der Waals surface area (Å²) in [7, 11) is 4.04. The normalized spacial score (nSPS) is 11.5. The van der Waals surface area contributed by atoms with E-state index in [0.717, 1.165) is 109 Å². The predicted octanol–water partition coefficient (Wildman–Crippen LogP) is 13.7. The van der Waals surface area contributed by atoms with E-state index in [1.54, 1.807) is 0 Å². The Balaban J connectivity index is 4.43. The van der Waals surface area contributed by atoms with E-state index in [1.807, 2.05) is 14.1 Å². The molecule has 0 aliphatic heterocycles. The number of ether oxygens (including phenoxy) is 2. The fourth-order valence-corrected chi connectivity index (χ4v) is 7.67. The van der Waals surface area contributed by atoms with Gasteiger partial charge in [0.1, 0.15) is 0 Å². The highest BCUT2D eigenvalue weighted by Crippen LogP contribution is 2.23. The van der Waals surface area contributed by atoms with Gasteiger partial charge in [-0.2, -0.15) is 5.10 Å². The minimum Gasteiger partial charge on any atom is -0.466 e. The fourth-order valence-electron chi connectivity index (χ4n) is 7.67. The van der Waals surface area contributed by atoms with Crippen molar-refractivity contribution in [2.45, 2.75) is 246 Å². The van der Waals surface area contributed by atoms with E-state index in [9.17, 15) is 14.4 Å². The molecular formula is C49H95N3O5. The summed E-state index contributed by atoms with van der Waals surface area (Å²) in [4.78, 5) is 39.3. The Bertz CT molecular complexity index is 877. The van der Waals surface area contributed by atoms with E-state index < -0.39 is 0 Å². The van der Waals surface area contributed by atoms with Crippen LogP contribution in [-0.4, -0.2) is 62.3 Å². The number of carbonyl (C=O) groups excluding carboxylic acids is 3. The van der Waals surface area contributed by atoms with Crippen LogP contribution >= 0.6 is 0 Å². The third kappa shape index (κ3) is 39.3. The second kappa shape index (κ2) is 42.2. The summed E-state index contributed by atoms with van der Waals surface area (Å²) in [5.41, 5.74) is 3.91. The first kappa shape index (κ1) is 55.0. The Hall–Kier alpha value is -1.96. The molecule has 0 atom stereocenters. The Morgan fingerprint density at radius 2 is 0.825 bits per heavy atom. The lowest BCUT2D eigenvalue weighted by Crippen LogP contribution is -2.21. The molecule has 0 heterocycles. The van der Waals surface area contributed by atoms with E-state index in [-0.39, 0.29) is 17.8 Å². The Morgan fingerprint density at radius 1 is 0.456 bits per heavy atom. The number of unbranched alkanes of at least 4 members (excludes halogenated alkanes) is 16. The van der Waals surface area contributed by atoms with Crippen LogP contribution in [0.1, 0.15) is 246 Å². The van der Waals surface area contributed by atoms with Gasteiger partial charge in [-0.05, 0) is 90.3 Å². The molecule has 0 aromatic carbocycles. The summed E-state index contributed by atoms with van der Waals surface area (Å²) in [6.45, 7) is 11.1. The van der Waals surface area contributed by atoms with Gasteiger partial charge in [0.25, 0.3) is 0 Å². The van der Waals surface area contributed by atoms with Crippen LogP contribution in [0.4, 0.5) is 0 Å². The van der Waals surface area contributed by atoms with Crippen molar-refractivity contribution in [1.82, 2.24) is 10.3 Å². The van der Waals surface area contributed by atoms with Gasteiger partial charge in [0.15, 0.2) is 0 Å². The predicted molar refractivity (Wildman–Crippen MR) is 243 cm³/mol. The molecule has 0 fully saturated rings. The van der Waals surface area contributed by atoms with Crippen LogP contribution in [0.15, 0.2) is 5.10 Å². The van der Waals surface area contributed by atoms with Gasteiger partial charge in [-0.15, -0.1) is 0 Å². The van der Waals surface area contributed by atoms with Crippen molar-refractivity contribution in [1.29, 1.82) is 0 Å². The monoisotopic (exact) mass is 806 g/mol. The first-order valence-electron chi connectivity index (χ1n) is 24.6. The molecule has 8 nitrogen and oxygen atoms in total. The van der Waals surface area contributed by atoms with Crippen molar-refractivity contribution in [2.75, 3.05) is 33.9 Å². The van der Waals surface area contributed by atoms with Gasteiger partial charge in [-0.25, -0.2) is 5.43 Å². The van der Waals surface area contributed by atoms with Gasteiger partial charge in [-0.3, -0.25) is 14.4 Å². The van der Waals surface area contributed by atoms with E-state index >= 15 is 0 Å². The first-order chi connectivity index (χ1) is 27.7. The molecule has 0 aromatic heterocycles. The summed E-state index contributed by atoms with van der Waals surface area (Å²) in [6, 6.07) is 0. The van der Waals surface area contributed by atoms with Gasteiger partial charge in [0, 0.05) is 25.0 Å². The topological polar surface area (TPSA) is 97.3 Å². The number of hydrogen-bond acceptors (Lipinski definition) is 7. The van der Waals surface area contributed by atoms with Gasteiger partial charge < -0.3 is 14.4 Å². The number of nitrogens with zero attached hydrogens (tertiary/aromatic N) is 2. The lowest BCUT2D eigenvalue weighted by molar-refractivity contribution is -0.145. The van der Waals surface area contributed by atoms with Crippen LogP contribution < -0.4 is 5.43 Å². The summed E-state index contributed by atoms with van der Waals surface area (Å²) in [6.07, 6.45) is 36.9. The van der Waals surface area contributed by atoms with Gasteiger partial charge in [0.05, 0.1) is 13.2 Å². The molecule has 1 N–H and O–H groups in total. The van der Waals surface area contributed by atoms with Crippen LogP contribution in [0.3, 0.4) is 0 Å². The standard InChI is InChI=1S/C49H95N3O5/c1-7-11-21-30-44(31-22-12-8-2)39-42-56-48(54)37-27-19-15-17-25-34-46(50-51-47(53)36-29-41-52(5)6)35-26-18-16-20-28-38-49(55)57-43-40-45(32-23-13-9-3)33-24-14-10-4/h44-45H,7-43H2,1-6H3,(H,51,53). The molecule has 8 heteroatoms. The van der Waals surface area contributed by atoms with Gasteiger partial charge in [0.2, 0.25) is 5.91 Å². The second-order valence-electron chi connectivity index (χ2n) is 17.4. The average Bonchev–Trinajstić information content (AvgIpc) is 3.18. The first-order valence-corrected chi connectivity index (χ1v) is 24.6. The molecule has 0 aliphatic carbocycles. The maximum atomic E-state index is 12.4. The molecule has 0 rings (SSSR count). The molecule has 0 unspecified atom stereocenters. The summed E-state index contributed by atoms with van der Waals surface area (Å²) in [5.74, 6) is 1.29. The number of hydrogen-bond donors (Lipinski definition) is 1. The van der Waals surface area contributed by atoms with E-state index in [0.29, 0.717) is 44.3 Å². The van der Waals surface area contributed by atoms with Crippen LogP contribution in [0.25, 0.3) is 0 Å². The smallest absolute Gasteiger partial charge is 0.305 e. The Kier molecular flexibility index (Phi) is 40.7. The lowest BCUT2D eigenvalue weighted by atomic mass is 9.92. The van der Waals surface area contributed by atoms with Crippen LogP contribution in [-0.2, 0) is 23.9 Å². The quantitative estimate of drug-likeness (QED) is 0.0285. The highest BCUT2D eigenvalue weighted by molar-refractivity contribution is 5.86. The number of carbonyl (C=O) groups is 3. The van der Waals surface area contributed by atoms with Crippen LogP contribution in [0.5, 0.6) is 0 Å². The van der Waals surface area contributed by atoms with Crippen molar-refractivity contribution in [3.05, 3.63) is 0 Å². The van der Waals surface area contributed by atoms with Gasteiger partial charge >= 0.3 is 11.9 Å². The number of amides is 1. The molecule has 0 saturated heterocycles. The zero-order valence-electron chi connectivity index (χ0n) is 38.8. The molecule has 57 heavy (non-hydrogen) atoms. The van der Waals surface area contributed by atoms with Crippen molar-refractivity contribution < 1.29 is 23.9 Å². The third-order valence-electron chi connectivity index (χ3n) is 11.5. The number of rotatable bonds is 43. The second-order valence-corrected chi connectivity index (χ2v) is 17.4. The number of esters is 2. The van der Waals surface area contributed by atoms with Crippen LogP contribution in [0.2, 0.25) is 0 Å². The lowest BCUT2D eigenvalue weighted by Gasteiger charge is -2.16. The minimum absolute atomic E-state index is 0.0138. The molecule has 0 aliphatic rings. The Labute approximate surface area is 353 Å². The molecule has 0 bridgehead atoms. The maximum Gasteiger partial charge on any atom is 0.305 e. The van der Waals surface area contributed by atoms with Crippen LogP contribution in [0, 0.1) is 11.8 Å². The molecular weight excluding hydrogens is 711 g/mol. The highest BCUT2D eigenvalue weighted by atomic mass is 16.5. The largest absolute Gasteiger partial charge is 0.466 e. The zero-order chi connectivity index (χ0) is 42.0. The zero-order valence-corrected chi connectivity index (χ0v) is 38.8. The molecule has 0 radical (unpaired) electrons. The van der Waals surface area contributed by atoms with Crippen molar-refractivity contribution in [3.8, 4) is 0 Å². The molecule has 0 saturated carbocycles. The third-order valence-corrected chi connectivity index (χ3v) is 11.5. The molecule has 0 spiro atoms. The highest BCUT2D eigenvalue weighted by Gasteiger charge is 2.12.